The molecule has 3 fully saturated rings. The van der Waals surface area contributed by atoms with Gasteiger partial charge in [0, 0.05) is 31.2 Å². The number of carbonyl (C=O) groups is 9. The smallest absolute Gasteiger partial charge is 0.326 e. The number of Topliss-reactive ketones (excluding diaryl/α,β-unsaturated/α-hetero) is 1. The molecule has 0 heterocycles. The molecule has 10 atom stereocenters. The maximum absolute atomic E-state index is 13.7. The van der Waals surface area contributed by atoms with E-state index in [4.69, 9.17) is 16.2 Å². The summed E-state index contributed by atoms with van der Waals surface area (Å²) in [4.78, 5) is 118. The maximum Gasteiger partial charge on any atom is 0.326 e. The molecule has 21 heteroatoms. The number of hydrogen-bond acceptors (Lipinski definition) is 13. The summed E-state index contributed by atoms with van der Waals surface area (Å²) < 4.78 is 5.25. The van der Waals surface area contributed by atoms with E-state index in [1.165, 1.54) is 0 Å². The van der Waals surface area contributed by atoms with Crippen molar-refractivity contribution in [3.8, 4) is 0 Å². The van der Waals surface area contributed by atoms with Gasteiger partial charge >= 0.3 is 17.9 Å². The molecule has 67 heavy (non-hydrogen) atoms. The summed E-state index contributed by atoms with van der Waals surface area (Å²) in [5.41, 5.74) is 9.16. The highest BCUT2D eigenvalue weighted by Crippen LogP contribution is 2.67. The average molecular weight is 938 g/mol. The lowest BCUT2D eigenvalue weighted by molar-refractivity contribution is -0.184. The second kappa shape index (κ2) is 22.1. The van der Waals surface area contributed by atoms with Crippen LogP contribution in [-0.4, -0.2) is 129 Å². The Morgan fingerprint density at radius 1 is 0.881 bits per heavy atom. The maximum atomic E-state index is 13.7. The number of hydrogen-bond donors (Lipinski definition) is 10. The number of ketones is 2. The van der Waals surface area contributed by atoms with Crippen molar-refractivity contribution in [1.82, 2.24) is 21.3 Å². The Hall–Kier alpha value is -6.22. The number of aliphatic hydroxyl groups is 2. The Morgan fingerprint density at radius 2 is 1.58 bits per heavy atom. The van der Waals surface area contributed by atoms with E-state index in [0.717, 1.165) is 12.0 Å². The predicted molar refractivity (Wildman–Crippen MR) is 237 cm³/mol. The molecule has 366 valence electrons. The molecule has 0 aromatic heterocycles. The van der Waals surface area contributed by atoms with Crippen LogP contribution in [0.25, 0.3) is 0 Å². The molecule has 12 N–H and O–H groups in total. The zero-order valence-corrected chi connectivity index (χ0v) is 37.8. The van der Waals surface area contributed by atoms with Crippen LogP contribution >= 0.6 is 0 Å². The van der Waals surface area contributed by atoms with Gasteiger partial charge in [-0.25, -0.2) is 4.79 Å². The normalized spacial score (nSPS) is 27.5. The van der Waals surface area contributed by atoms with E-state index in [9.17, 15) is 63.6 Å². The molecule has 0 aliphatic heterocycles. The van der Waals surface area contributed by atoms with Crippen LogP contribution in [0.5, 0.6) is 0 Å². The molecule has 5 rings (SSSR count). The lowest BCUT2D eigenvalue weighted by atomic mass is 9.45. The lowest BCUT2D eigenvalue weighted by Gasteiger charge is -2.60. The zero-order chi connectivity index (χ0) is 49.3. The highest BCUT2D eigenvalue weighted by atomic mass is 16.5. The highest BCUT2D eigenvalue weighted by Gasteiger charge is 2.68. The van der Waals surface area contributed by atoms with E-state index < -0.39 is 115 Å². The first-order chi connectivity index (χ1) is 31.6. The standard InChI is InChI=1S/C46H63N7O14/c1-44-16-14-27(54)20-26(44)10-11-28-29-15-17-46(66,45(29,2)22-33(55)39(28)44)34(56)24-67-38(61)13-12-35(57)51-30(9-6-18-49-43(47)48)40(62)50-23-36(58)52-31(21-37(59)60)41(63)53-32(42(64)65)19-25-7-4-3-5-8-25/h3-5,7-8,20,28-33,39,55,66H,6,9-19,21-24H2,1-2H3,(H,50,62)(H,51,57)(H,52,58)(H,53,63)(H,59,60)(H,64,65)(H4,47,48,49)/t28?,29?,30-,31-,32-,33-,39?,44-,45-,46-/m0/s1. The predicted octanol–water partition coefficient (Wildman–Crippen LogP) is -0.461. The molecule has 3 unspecified atom stereocenters. The van der Waals surface area contributed by atoms with Gasteiger partial charge in [0.05, 0.1) is 25.5 Å². The summed E-state index contributed by atoms with van der Waals surface area (Å²) in [6.45, 7) is 2.42. The van der Waals surface area contributed by atoms with Crippen LogP contribution in [0.15, 0.2) is 47.0 Å². The molecule has 4 aliphatic rings. The third kappa shape index (κ3) is 12.4. The fourth-order valence-corrected chi connectivity index (χ4v) is 11.0. The number of carboxylic acids is 2. The van der Waals surface area contributed by atoms with E-state index in [-0.39, 0.29) is 73.6 Å². The summed E-state index contributed by atoms with van der Waals surface area (Å²) in [6.07, 6.45) is 2.24. The van der Waals surface area contributed by atoms with Gasteiger partial charge in [-0.1, -0.05) is 49.8 Å². The van der Waals surface area contributed by atoms with Gasteiger partial charge in [0.15, 0.2) is 18.3 Å². The molecule has 1 aromatic rings. The van der Waals surface area contributed by atoms with Gasteiger partial charge in [0.2, 0.25) is 29.4 Å². The largest absolute Gasteiger partial charge is 0.481 e. The molecule has 0 spiro atoms. The third-order valence-corrected chi connectivity index (χ3v) is 14.4. The number of nitrogens with one attached hydrogen (secondary N) is 4. The van der Waals surface area contributed by atoms with Crippen LogP contribution in [-0.2, 0) is 54.3 Å². The number of esters is 1. The van der Waals surface area contributed by atoms with Crippen LogP contribution in [0, 0.1) is 28.6 Å². The number of carboxylic acid groups (broad SMARTS) is 2. The number of nitrogens with zero attached hydrogens (tertiary/aromatic N) is 1. The fraction of sp³-hybridized carbons (Fsp3) is 0.609. The SMILES string of the molecule is C[C@]12CCC(=O)C=C1CCC1C2[C@@H](O)C[C@@]2(C)C1CC[C@]2(O)C(=O)COC(=O)CCC(=O)N[C@@H](CCCN=C(N)N)C(=O)NCC(=O)N[C@@H](CC(=O)O)C(=O)N[C@@H](Cc1ccccc1)C(=O)O. The Bertz CT molecular complexity index is 2150. The first-order valence-electron chi connectivity index (χ1n) is 22.6. The summed E-state index contributed by atoms with van der Waals surface area (Å²) in [5, 5.41) is 51.9. The van der Waals surface area contributed by atoms with Gasteiger partial charge in [0.25, 0.3) is 0 Å². The molecule has 4 aliphatic carbocycles. The number of benzene rings is 1. The fourth-order valence-electron chi connectivity index (χ4n) is 11.0. The van der Waals surface area contributed by atoms with E-state index in [0.29, 0.717) is 31.2 Å². The lowest BCUT2D eigenvalue weighted by Crippen LogP contribution is -2.62. The number of ether oxygens (including phenoxy) is 1. The van der Waals surface area contributed by atoms with E-state index in [1.54, 1.807) is 36.4 Å². The van der Waals surface area contributed by atoms with Gasteiger partial charge < -0.3 is 57.9 Å². The number of guanidine groups is 1. The highest BCUT2D eigenvalue weighted by molar-refractivity contribution is 5.96. The minimum atomic E-state index is -1.88. The van der Waals surface area contributed by atoms with Gasteiger partial charge in [-0.2, -0.15) is 0 Å². The summed E-state index contributed by atoms with van der Waals surface area (Å²) >= 11 is 0. The van der Waals surface area contributed by atoms with Crippen molar-refractivity contribution in [2.24, 2.45) is 45.0 Å². The quantitative estimate of drug-likeness (QED) is 0.0304. The molecule has 0 radical (unpaired) electrons. The first kappa shape index (κ1) is 51.8. The van der Waals surface area contributed by atoms with Gasteiger partial charge in [0.1, 0.15) is 23.7 Å². The number of aliphatic carboxylic acids is 2. The molecule has 3 saturated carbocycles. The molecular formula is C46H63N7O14. The van der Waals surface area contributed by atoms with Crippen molar-refractivity contribution in [2.75, 3.05) is 19.7 Å². The van der Waals surface area contributed by atoms with Crippen molar-refractivity contribution in [3.63, 3.8) is 0 Å². The minimum absolute atomic E-state index is 0.0156. The Morgan fingerprint density at radius 3 is 2.25 bits per heavy atom. The Balaban J connectivity index is 1.12. The monoisotopic (exact) mass is 937 g/mol. The van der Waals surface area contributed by atoms with Crippen LogP contribution in [0.1, 0.15) is 96.5 Å². The van der Waals surface area contributed by atoms with Crippen LogP contribution in [0.3, 0.4) is 0 Å². The first-order valence-corrected chi connectivity index (χ1v) is 22.6. The number of rotatable bonds is 22. The number of nitrogens with two attached hydrogens (primary N) is 2. The van der Waals surface area contributed by atoms with Crippen LogP contribution in [0.4, 0.5) is 0 Å². The third-order valence-electron chi connectivity index (χ3n) is 14.4. The number of amides is 4. The van der Waals surface area contributed by atoms with Gasteiger partial charge in [-0.15, -0.1) is 0 Å². The molecule has 4 amide bonds. The van der Waals surface area contributed by atoms with E-state index >= 15 is 0 Å². The van der Waals surface area contributed by atoms with Gasteiger partial charge in [-0.3, -0.25) is 43.3 Å². The number of carbonyl (C=O) groups excluding carboxylic acids is 7. The van der Waals surface area contributed by atoms with E-state index in [1.807, 2.05) is 6.92 Å². The molecule has 1 aromatic carbocycles. The van der Waals surface area contributed by atoms with E-state index in [2.05, 4.69) is 33.2 Å². The van der Waals surface area contributed by atoms with Gasteiger partial charge in [-0.05, 0) is 86.2 Å². The number of fused-ring (bicyclic) bond motifs is 5. The molecule has 0 bridgehead atoms. The second-order valence-electron chi connectivity index (χ2n) is 18.7. The Kier molecular flexibility index (Phi) is 17.0. The molecular weight excluding hydrogens is 875 g/mol. The topological polar surface area (TPSA) is 356 Å². The second-order valence-corrected chi connectivity index (χ2v) is 18.7. The number of aliphatic imine (C=N–C) groups is 1. The van der Waals surface area contributed by atoms with Crippen molar-refractivity contribution in [1.29, 1.82) is 0 Å². The Labute approximate surface area is 387 Å². The van der Waals surface area contributed by atoms with Crippen molar-refractivity contribution >= 4 is 59.1 Å². The summed E-state index contributed by atoms with van der Waals surface area (Å²) in [6, 6.07) is 3.84. The van der Waals surface area contributed by atoms with Crippen molar-refractivity contribution < 1.29 is 68.3 Å². The van der Waals surface area contributed by atoms with Crippen LogP contribution < -0.4 is 32.7 Å². The zero-order valence-electron chi connectivity index (χ0n) is 37.8. The minimum Gasteiger partial charge on any atom is -0.481 e. The molecule has 0 saturated heterocycles. The van der Waals surface area contributed by atoms with Crippen molar-refractivity contribution in [3.05, 3.63) is 47.5 Å². The number of allylic oxidation sites excluding steroid dienone is 1. The van der Waals surface area contributed by atoms with Crippen molar-refractivity contribution in [2.45, 2.75) is 127 Å². The summed E-state index contributed by atoms with van der Waals surface area (Å²) in [7, 11) is 0. The molecule has 21 nitrogen and oxygen atoms in total. The summed E-state index contributed by atoms with van der Waals surface area (Å²) in [5.74, 6) is -8.63. The number of aliphatic hydroxyl groups excluding tert-OH is 1. The average Bonchev–Trinajstić information content (AvgIpc) is 3.54. The van der Waals surface area contributed by atoms with Crippen LogP contribution in [0.2, 0.25) is 0 Å².